The summed E-state index contributed by atoms with van der Waals surface area (Å²) in [6.07, 6.45) is 5.17. The van der Waals surface area contributed by atoms with Crippen LogP contribution in [0.5, 0.6) is 0 Å². The molecule has 14 heavy (non-hydrogen) atoms. The molecular weight excluding hydrogens is 198 g/mol. The molecule has 1 heterocycles. The summed E-state index contributed by atoms with van der Waals surface area (Å²) in [5, 5.41) is 0.615. The molecule has 0 radical (unpaired) electrons. The number of hydrogen-bond acceptors (Lipinski definition) is 2. The van der Waals surface area contributed by atoms with Crippen LogP contribution in [0.1, 0.15) is 37.7 Å². The van der Waals surface area contributed by atoms with Gasteiger partial charge in [-0.1, -0.05) is 24.9 Å². The third-order valence-corrected chi connectivity index (χ3v) is 2.49. The number of nitrogens with one attached hydrogen (secondary N) is 1. The first-order valence-electron chi connectivity index (χ1n) is 5.21. The van der Waals surface area contributed by atoms with Crippen molar-refractivity contribution in [3.05, 3.63) is 16.7 Å². The van der Waals surface area contributed by atoms with E-state index in [9.17, 15) is 0 Å². The van der Waals surface area contributed by atoms with Crippen molar-refractivity contribution in [1.29, 1.82) is 0 Å². The standard InChI is InChI=1S/C10H18ClN3/c1-2-3-6-9-13-8(5-4-7-12)10(11)14-9/h2-7,12H2,1H3,(H,13,14). The zero-order valence-corrected chi connectivity index (χ0v) is 9.40. The minimum absolute atomic E-state index is 0.615. The van der Waals surface area contributed by atoms with Crippen LogP contribution in [0, 0.1) is 0 Å². The van der Waals surface area contributed by atoms with Crippen molar-refractivity contribution in [2.75, 3.05) is 6.54 Å². The lowest BCUT2D eigenvalue weighted by molar-refractivity contribution is 0.755. The van der Waals surface area contributed by atoms with E-state index >= 15 is 0 Å². The number of aryl methyl sites for hydroxylation is 2. The first kappa shape index (κ1) is 11.5. The molecule has 1 aromatic heterocycles. The maximum Gasteiger partial charge on any atom is 0.150 e. The van der Waals surface area contributed by atoms with Crippen LogP contribution >= 0.6 is 11.6 Å². The Kier molecular flexibility index (Phi) is 4.98. The average Bonchev–Trinajstić information content (AvgIpc) is 2.53. The maximum atomic E-state index is 5.98. The second-order valence-corrected chi connectivity index (χ2v) is 3.81. The van der Waals surface area contributed by atoms with Crippen molar-refractivity contribution in [2.24, 2.45) is 5.73 Å². The van der Waals surface area contributed by atoms with Gasteiger partial charge in [0.15, 0.2) is 0 Å². The molecule has 3 N–H and O–H groups in total. The van der Waals surface area contributed by atoms with Gasteiger partial charge in [0.1, 0.15) is 11.0 Å². The van der Waals surface area contributed by atoms with Gasteiger partial charge in [0.25, 0.3) is 0 Å². The van der Waals surface area contributed by atoms with Gasteiger partial charge in [-0.15, -0.1) is 0 Å². The van der Waals surface area contributed by atoms with Gasteiger partial charge in [0.05, 0.1) is 5.69 Å². The number of aromatic nitrogens is 2. The summed E-state index contributed by atoms with van der Waals surface area (Å²) < 4.78 is 0. The fourth-order valence-electron chi connectivity index (χ4n) is 1.35. The Balaban J connectivity index is 2.53. The Bertz CT molecular complexity index is 270. The minimum Gasteiger partial charge on any atom is -0.345 e. The molecule has 0 saturated carbocycles. The molecule has 0 atom stereocenters. The number of rotatable bonds is 6. The van der Waals surface area contributed by atoms with Crippen LogP contribution in [0.2, 0.25) is 5.15 Å². The van der Waals surface area contributed by atoms with E-state index in [-0.39, 0.29) is 0 Å². The third-order valence-electron chi connectivity index (χ3n) is 2.18. The van der Waals surface area contributed by atoms with Gasteiger partial charge in [-0.2, -0.15) is 0 Å². The number of H-pyrrole nitrogens is 1. The highest BCUT2D eigenvalue weighted by atomic mass is 35.5. The molecule has 3 nitrogen and oxygen atoms in total. The molecule has 0 amide bonds. The van der Waals surface area contributed by atoms with E-state index in [1.807, 2.05) is 0 Å². The van der Waals surface area contributed by atoms with Gasteiger partial charge in [0, 0.05) is 6.42 Å². The van der Waals surface area contributed by atoms with Gasteiger partial charge < -0.3 is 10.7 Å². The van der Waals surface area contributed by atoms with Gasteiger partial charge in [-0.25, -0.2) is 4.98 Å². The molecule has 1 rings (SSSR count). The van der Waals surface area contributed by atoms with Crippen LogP contribution < -0.4 is 5.73 Å². The summed E-state index contributed by atoms with van der Waals surface area (Å²) in [7, 11) is 0. The van der Waals surface area contributed by atoms with Gasteiger partial charge in [0.2, 0.25) is 0 Å². The largest absolute Gasteiger partial charge is 0.345 e. The predicted molar refractivity (Wildman–Crippen MR) is 59.6 cm³/mol. The van der Waals surface area contributed by atoms with Gasteiger partial charge >= 0.3 is 0 Å². The molecule has 0 unspecified atom stereocenters. The predicted octanol–water partition coefficient (Wildman–Crippen LogP) is 2.30. The lowest BCUT2D eigenvalue weighted by atomic mass is 10.2. The molecule has 0 spiro atoms. The lowest BCUT2D eigenvalue weighted by Gasteiger charge is -1.95. The topological polar surface area (TPSA) is 54.7 Å². The van der Waals surface area contributed by atoms with E-state index in [2.05, 4.69) is 16.9 Å². The van der Waals surface area contributed by atoms with Crippen molar-refractivity contribution in [3.63, 3.8) is 0 Å². The van der Waals surface area contributed by atoms with E-state index < -0.39 is 0 Å². The first-order chi connectivity index (χ1) is 6.77. The van der Waals surface area contributed by atoms with Crippen LogP contribution in [0.25, 0.3) is 0 Å². The van der Waals surface area contributed by atoms with Crippen LogP contribution in [0.4, 0.5) is 0 Å². The Labute approximate surface area is 90.1 Å². The van der Waals surface area contributed by atoms with Crippen molar-refractivity contribution >= 4 is 11.6 Å². The van der Waals surface area contributed by atoms with Crippen LogP contribution in [-0.2, 0) is 12.8 Å². The average molecular weight is 216 g/mol. The number of unbranched alkanes of at least 4 members (excludes halogenated alkanes) is 1. The fourth-order valence-corrected chi connectivity index (χ4v) is 1.59. The monoisotopic (exact) mass is 215 g/mol. The normalized spacial score (nSPS) is 10.8. The van der Waals surface area contributed by atoms with Crippen molar-refractivity contribution < 1.29 is 0 Å². The molecule has 0 aromatic carbocycles. The molecule has 0 fully saturated rings. The van der Waals surface area contributed by atoms with Crippen molar-refractivity contribution in [2.45, 2.75) is 39.0 Å². The van der Waals surface area contributed by atoms with E-state index in [4.69, 9.17) is 17.3 Å². The molecule has 0 saturated heterocycles. The summed E-state index contributed by atoms with van der Waals surface area (Å²) in [4.78, 5) is 7.52. The van der Waals surface area contributed by atoms with Crippen LogP contribution in [0.3, 0.4) is 0 Å². The van der Waals surface area contributed by atoms with Gasteiger partial charge in [-0.05, 0) is 25.8 Å². The molecule has 80 valence electrons. The smallest absolute Gasteiger partial charge is 0.150 e. The molecule has 4 heteroatoms. The summed E-state index contributed by atoms with van der Waals surface area (Å²) in [5.74, 6) is 1.00. The summed E-state index contributed by atoms with van der Waals surface area (Å²) in [5.41, 5.74) is 6.47. The van der Waals surface area contributed by atoms with Crippen molar-refractivity contribution in [1.82, 2.24) is 9.97 Å². The molecule has 1 aromatic rings. The van der Waals surface area contributed by atoms with Crippen molar-refractivity contribution in [3.8, 4) is 0 Å². The molecule has 0 aliphatic carbocycles. The number of aromatic amines is 1. The Morgan fingerprint density at radius 1 is 1.36 bits per heavy atom. The zero-order valence-electron chi connectivity index (χ0n) is 8.65. The Hall–Kier alpha value is -0.540. The van der Waals surface area contributed by atoms with E-state index in [0.29, 0.717) is 11.7 Å². The second kappa shape index (κ2) is 6.04. The SMILES string of the molecule is CCCCc1nc(Cl)c(CCCN)[nH]1. The quantitative estimate of drug-likeness (QED) is 0.765. The highest BCUT2D eigenvalue weighted by Gasteiger charge is 2.06. The van der Waals surface area contributed by atoms with E-state index in [1.54, 1.807) is 0 Å². The Morgan fingerprint density at radius 2 is 2.14 bits per heavy atom. The highest BCUT2D eigenvalue weighted by Crippen LogP contribution is 2.15. The summed E-state index contributed by atoms with van der Waals surface area (Å²) >= 11 is 5.98. The molecule has 0 aliphatic rings. The first-order valence-corrected chi connectivity index (χ1v) is 5.59. The Morgan fingerprint density at radius 3 is 2.79 bits per heavy atom. The number of halogens is 1. The highest BCUT2D eigenvalue weighted by molar-refractivity contribution is 6.30. The third kappa shape index (κ3) is 3.31. The molecular formula is C10H18ClN3. The number of nitrogens with zero attached hydrogens (tertiary/aromatic N) is 1. The lowest BCUT2D eigenvalue weighted by Crippen LogP contribution is -2.00. The van der Waals surface area contributed by atoms with Gasteiger partial charge in [-0.3, -0.25) is 0 Å². The number of nitrogens with two attached hydrogens (primary N) is 1. The maximum absolute atomic E-state index is 5.98. The van der Waals surface area contributed by atoms with E-state index in [1.165, 1.54) is 6.42 Å². The van der Waals surface area contributed by atoms with Crippen LogP contribution in [-0.4, -0.2) is 16.5 Å². The number of hydrogen-bond donors (Lipinski definition) is 2. The van der Waals surface area contributed by atoms with Crippen LogP contribution in [0.15, 0.2) is 0 Å². The summed E-state index contributed by atoms with van der Waals surface area (Å²) in [6.45, 7) is 2.86. The zero-order chi connectivity index (χ0) is 10.4. The fraction of sp³-hybridized carbons (Fsp3) is 0.700. The second-order valence-electron chi connectivity index (χ2n) is 3.45. The minimum atomic E-state index is 0.615. The van der Waals surface area contributed by atoms with E-state index in [0.717, 1.165) is 37.2 Å². The molecule has 0 bridgehead atoms. The number of imidazole rings is 1. The molecule has 0 aliphatic heterocycles. The summed E-state index contributed by atoms with van der Waals surface area (Å²) in [6, 6.07) is 0.